The molecule has 1 unspecified atom stereocenters. The second-order valence-electron chi connectivity index (χ2n) is 7.75. The Kier molecular flexibility index (Phi) is 4.26. The summed E-state index contributed by atoms with van der Waals surface area (Å²) >= 11 is 0. The van der Waals surface area contributed by atoms with E-state index in [1.165, 1.54) is 0 Å². The highest BCUT2D eigenvalue weighted by Gasteiger charge is 2.39. The van der Waals surface area contributed by atoms with Gasteiger partial charge in [0, 0.05) is 17.6 Å². The van der Waals surface area contributed by atoms with Crippen molar-refractivity contribution in [3.05, 3.63) is 53.1 Å². The first kappa shape index (κ1) is 18.0. The van der Waals surface area contributed by atoms with E-state index < -0.39 is 10.0 Å². The lowest BCUT2D eigenvalue weighted by molar-refractivity contribution is -0.120. The average Bonchev–Trinajstić information content (AvgIpc) is 3.39. The van der Waals surface area contributed by atoms with Crippen LogP contribution >= 0.6 is 0 Å². The summed E-state index contributed by atoms with van der Waals surface area (Å²) in [6.45, 7) is 5.88. The molecule has 1 N–H and O–H groups in total. The van der Waals surface area contributed by atoms with Crippen LogP contribution in [0.1, 0.15) is 36.5 Å². The van der Waals surface area contributed by atoms with Gasteiger partial charge in [-0.1, -0.05) is 17.7 Å². The molecule has 2 aromatic rings. The Morgan fingerprint density at radius 3 is 2.52 bits per heavy atom. The molecular weight excluding hydrogens is 360 g/mol. The van der Waals surface area contributed by atoms with Crippen LogP contribution in [0.2, 0.25) is 0 Å². The van der Waals surface area contributed by atoms with Crippen LogP contribution in [-0.2, 0) is 21.2 Å². The van der Waals surface area contributed by atoms with Crippen molar-refractivity contribution in [2.45, 2.75) is 51.0 Å². The molecular formula is C21H24N2O3S. The summed E-state index contributed by atoms with van der Waals surface area (Å²) in [7, 11) is -3.68. The van der Waals surface area contributed by atoms with E-state index in [9.17, 15) is 13.2 Å². The van der Waals surface area contributed by atoms with Gasteiger partial charge in [-0.3, -0.25) is 9.52 Å². The number of hydrogen-bond donors (Lipinski definition) is 1. The van der Waals surface area contributed by atoms with Crippen molar-refractivity contribution in [3.8, 4) is 0 Å². The van der Waals surface area contributed by atoms with Crippen molar-refractivity contribution >= 4 is 27.3 Å². The monoisotopic (exact) mass is 384 g/mol. The number of anilines is 2. The van der Waals surface area contributed by atoms with E-state index in [1.807, 2.05) is 37.8 Å². The van der Waals surface area contributed by atoms with Gasteiger partial charge in [-0.15, -0.1) is 0 Å². The number of benzene rings is 2. The molecule has 0 saturated heterocycles. The Balaban J connectivity index is 1.63. The van der Waals surface area contributed by atoms with Crippen LogP contribution in [0, 0.1) is 19.8 Å². The Morgan fingerprint density at radius 1 is 1.11 bits per heavy atom. The summed E-state index contributed by atoms with van der Waals surface area (Å²) in [5.74, 6) is 0.318. The van der Waals surface area contributed by atoms with Crippen LogP contribution < -0.4 is 9.62 Å². The number of sulfonamides is 1. The second-order valence-corrected chi connectivity index (χ2v) is 9.43. The van der Waals surface area contributed by atoms with Crippen LogP contribution in [-0.4, -0.2) is 20.4 Å². The van der Waals surface area contributed by atoms with Crippen LogP contribution in [0.3, 0.4) is 0 Å². The fraction of sp³-hybridized carbons (Fsp3) is 0.381. The van der Waals surface area contributed by atoms with Gasteiger partial charge in [-0.25, -0.2) is 8.42 Å². The van der Waals surface area contributed by atoms with Crippen molar-refractivity contribution in [2.24, 2.45) is 5.92 Å². The zero-order chi connectivity index (χ0) is 19.3. The molecule has 2 aliphatic rings. The van der Waals surface area contributed by atoms with Crippen molar-refractivity contribution in [1.82, 2.24) is 0 Å². The Hall–Kier alpha value is -2.34. The zero-order valence-electron chi connectivity index (χ0n) is 15.8. The first-order chi connectivity index (χ1) is 12.8. The van der Waals surface area contributed by atoms with Crippen LogP contribution in [0.25, 0.3) is 0 Å². The van der Waals surface area contributed by atoms with Crippen molar-refractivity contribution in [3.63, 3.8) is 0 Å². The normalized spacial score (nSPS) is 19.1. The molecule has 4 rings (SSSR count). The fourth-order valence-corrected chi connectivity index (χ4v) is 4.95. The molecule has 0 spiro atoms. The molecule has 5 nitrogen and oxygen atoms in total. The lowest BCUT2D eigenvalue weighted by Crippen LogP contribution is -2.36. The molecule has 1 amide bonds. The Bertz CT molecular complexity index is 1030. The highest BCUT2D eigenvalue weighted by Crippen LogP contribution is 2.39. The quantitative estimate of drug-likeness (QED) is 0.872. The number of carbonyl (C=O) groups is 1. The van der Waals surface area contributed by atoms with E-state index in [2.05, 4.69) is 4.72 Å². The number of nitrogens with zero attached hydrogens (tertiary/aromatic N) is 1. The molecule has 0 bridgehead atoms. The summed E-state index contributed by atoms with van der Waals surface area (Å²) in [6, 6.07) is 10.8. The van der Waals surface area contributed by atoms with Crippen LogP contribution in [0.5, 0.6) is 0 Å². The van der Waals surface area contributed by atoms with E-state index in [1.54, 1.807) is 24.3 Å². The molecule has 27 heavy (non-hydrogen) atoms. The average molecular weight is 385 g/mol. The van der Waals surface area contributed by atoms with Crippen LogP contribution in [0.15, 0.2) is 41.3 Å². The molecule has 1 aliphatic carbocycles. The van der Waals surface area contributed by atoms with Gasteiger partial charge < -0.3 is 4.90 Å². The molecule has 1 fully saturated rings. The van der Waals surface area contributed by atoms with Gasteiger partial charge in [0.25, 0.3) is 10.0 Å². The topological polar surface area (TPSA) is 66.5 Å². The predicted molar refractivity (Wildman–Crippen MR) is 107 cm³/mol. The van der Waals surface area contributed by atoms with E-state index in [0.29, 0.717) is 12.1 Å². The van der Waals surface area contributed by atoms with E-state index in [4.69, 9.17) is 0 Å². The van der Waals surface area contributed by atoms with E-state index >= 15 is 0 Å². The minimum Gasteiger partial charge on any atom is -0.309 e. The molecule has 142 valence electrons. The molecule has 1 saturated carbocycles. The van der Waals surface area contributed by atoms with Gasteiger partial charge in [0.05, 0.1) is 10.6 Å². The van der Waals surface area contributed by atoms with E-state index in [-0.39, 0.29) is 22.8 Å². The zero-order valence-corrected chi connectivity index (χ0v) is 16.6. The maximum absolute atomic E-state index is 12.9. The third kappa shape index (κ3) is 3.34. The van der Waals surface area contributed by atoms with Gasteiger partial charge in [0.15, 0.2) is 0 Å². The number of hydrogen-bond acceptors (Lipinski definition) is 3. The molecule has 2 aromatic carbocycles. The first-order valence-electron chi connectivity index (χ1n) is 9.32. The summed E-state index contributed by atoms with van der Waals surface area (Å²) in [4.78, 5) is 14.6. The first-order valence-corrected chi connectivity index (χ1v) is 10.8. The van der Waals surface area contributed by atoms with Crippen molar-refractivity contribution < 1.29 is 13.2 Å². The number of fused-ring (bicyclic) bond motifs is 1. The molecule has 1 heterocycles. The maximum atomic E-state index is 12.9. The smallest absolute Gasteiger partial charge is 0.261 e. The van der Waals surface area contributed by atoms with Gasteiger partial charge in [0.2, 0.25) is 5.91 Å². The van der Waals surface area contributed by atoms with Gasteiger partial charge in [0.1, 0.15) is 0 Å². The third-order valence-corrected chi connectivity index (χ3v) is 6.73. The maximum Gasteiger partial charge on any atom is 0.261 e. The van der Waals surface area contributed by atoms with Gasteiger partial charge in [-0.2, -0.15) is 0 Å². The largest absolute Gasteiger partial charge is 0.309 e. The number of amides is 1. The highest BCUT2D eigenvalue weighted by atomic mass is 32.2. The Labute approximate surface area is 160 Å². The lowest BCUT2D eigenvalue weighted by atomic mass is 10.1. The molecule has 0 radical (unpaired) electrons. The van der Waals surface area contributed by atoms with E-state index in [0.717, 1.165) is 35.2 Å². The van der Waals surface area contributed by atoms with Gasteiger partial charge >= 0.3 is 0 Å². The number of carbonyl (C=O) groups excluding carboxylic acids is 1. The summed E-state index contributed by atoms with van der Waals surface area (Å²) in [5, 5.41) is 0. The third-order valence-electron chi connectivity index (χ3n) is 5.37. The number of aryl methyl sites for hydroxylation is 2. The number of rotatable bonds is 4. The SMILES string of the molecule is Cc1ccc(NS(=O)(=O)c2ccc3c(c2)CC(C)N3C(=O)C2CC2)c(C)c1. The molecule has 1 aliphatic heterocycles. The summed E-state index contributed by atoms with van der Waals surface area (Å²) < 4.78 is 28.4. The molecule has 1 atom stereocenters. The second kappa shape index (κ2) is 6.37. The lowest BCUT2D eigenvalue weighted by Gasteiger charge is -2.22. The van der Waals surface area contributed by atoms with Crippen molar-refractivity contribution in [2.75, 3.05) is 9.62 Å². The summed E-state index contributed by atoms with van der Waals surface area (Å²) in [6.07, 6.45) is 2.61. The number of nitrogens with one attached hydrogen (secondary N) is 1. The fourth-order valence-electron chi connectivity index (χ4n) is 3.77. The minimum absolute atomic E-state index is 0.0679. The highest BCUT2D eigenvalue weighted by molar-refractivity contribution is 7.92. The van der Waals surface area contributed by atoms with Crippen molar-refractivity contribution in [1.29, 1.82) is 0 Å². The Morgan fingerprint density at radius 2 is 1.85 bits per heavy atom. The molecule has 0 aromatic heterocycles. The standard InChI is InChI=1S/C21H24N2O3S/c1-13-4-8-19(14(2)10-13)22-27(25,26)18-7-9-20-17(12-18)11-15(3)23(20)21(24)16-5-6-16/h4,7-10,12,15-16,22H,5-6,11H2,1-3H3. The minimum atomic E-state index is -3.68. The predicted octanol–water partition coefficient (Wildman–Crippen LogP) is 3.79. The van der Waals surface area contributed by atoms with Crippen LogP contribution in [0.4, 0.5) is 11.4 Å². The molecule has 6 heteroatoms. The summed E-state index contributed by atoms with van der Waals surface area (Å²) in [5.41, 5.74) is 4.32. The van der Waals surface area contributed by atoms with Gasteiger partial charge in [-0.05, 0) is 75.4 Å².